The third kappa shape index (κ3) is 6.42. The molecule has 0 aliphatic carbocycles. The van der Waals surface area contributed by atoms with Crippen molar-refractivity contribution in [1.29, 1.82) is 0 Å². The van der Waals surface area contributed by atoms with Crippen molar-refractivity contribution in [3.8, 4) is 5.75 Å². The molecule has 0 fully saturated rings. The Hall–Kier alpha value is -3.18. The van der Waals surface area contributed by atoms with E-state index in [1.165, 1.54) is 5.56 Å². The lowest BCUT2D eigenvalue weighted by molar-refractivity contribution is 0.0950. The van der Waals surface area contributed by atoms with E-state index in [0.717, 1.165) is 30.8 Å². The van der Waals surface area contributed by atoms with E-state index in [1.807, 2.05) is 36.4 Å². The fraction of sp³-hybridized carbons (Fsp3) is 0.280. The first-order valence-corrected chi connectivity index (χ1v) is 10.4. The quantitative estimate of drug-likeness (QED) is 0.544. The van der Waals surface area contributed by atoms with Gasteiger partial charge in [0, 0.05) is 36.6 Å². The van der Waals surface area contributed by atoms with Gasteiger partial charge in [-0.05, 0) is 48.5 Å². The summed E-state index contributed by atoms with van der Waals surface area (Å²) in [5, 5.41) is 3.01. The van der Waals surface area contributed by atoms with Crippen LogP contribution < -0.4 is 10.1 Å². The molecule has 0 aliphatic heterocycles. The summed E-state index contributed by atoms with van der Waals surface area (Å²) in [6.07, 6.45) is 3.50. The number of rotatable bonds is 10. The van der Waals surface area contributed by atoms with Gasteiger partial charge < -0.3 is 10.1 Å². The highest BCUT2D eigenvalue weighted by Crippen LogP contribution is 2.15. The molecule has 3 aromatic rings. The molecule has 0 aliphatic rings. The largest absolute Gasteiger partial charge is 0.489 e. The number of pyridine rings is 1. The molecule has 0 atom stereocenters. The molecular weight excluding hydrogens is 374 g/mol. The van der Waals surface area contributed by atoms with Crippen molar-refractivity contribution in [2.45, 2.75) is 33.5 Å². The van der Waals surface area contributed by atoms with Crippen LogP contribution in [0.25, 0.3) is 0 Å². The third-order valence-electron chi connectivity index (χ3n) is 4.97. The number of hydrogen-bond acceptors (Lipinski definition) is 4. The zero-order valence-corrected chi connectivity index (χ0v) is 17.7. The summed E-state index contributed by atoms with van der Waals surface area (Å²) in [6.45, 7) is 8.21. The van der Waals surface area contributed by atoms with Gasteiger partial charge in [-0.3, -0.25) is 14.7 Å². The van der Waals surface area contributed by atoms with Gasteiger partial charge in [0.2, 0.25) is 0 Å². The molecule has 0 unspecified atom stereocenters. The van der Waals surface area contributed by atoms with Crippen LogP contribution in [-0.2, 0) is 19.7 Å². The molecule has 0 radical (unpaired) electrons. The fourth-order valence-electron chi connectivity index (χ4n) is 3.21. The number of carbonyl (C=O) groups is 1. The van der Waals surface area contributed by atoms with Gasteiger partial charge in [0.1, 0.15) is 12.4 Å². The normalized spacial score (nSPS) is 10.8. The molecule has 5 heteroatoms. The SMILES string of the molecule is CCN(CC)Cc1cccc(CNC(=O)c2cccc(OCc3cccnc3)c2)c1. The van der Waals surface area contributed by atoms with E-state index >= 15 is 0 Å². The van der Waals surface area contributed by atoms with E-state index in [0.29, 0.717) is 24.5 Å². The Kier molecular flexibility index (Phi) is 7.98. The Morgan fingerprint density at radius 3 is 2.50 bits per heavy atom. The number of carbonyl (C=O) groups excluding carboxylic acids is 1. The van der Waals surface area contributed by atoms with Gasteiger partial charge >= 0.3 is 0 Å². The Morgan fingerprint density at radius 2 is 1.73 bits per heavy atom. The minimum atomic E-state index is -0.115. The van der Waals surface area contributed by atoms with Gasteiger partial charge in [-0.1, -0.05) is 50.2 Å². The van der Waals surface area contributed by atoms with Crippen molar-refractivity contribution in [2.24, 2.45) is 0 Å². The van der Waals surface area contributed by atoms with Crippen LogP contribution >= 0.6 is 0 Å². The molecule has 2 aromatic carbocycles. The number of benzene rings is 2. The molecular formula is C25H29N3O2. The Labute approximate surface area is 178 Å². The minimum absolute atomic E-state index is 0.115. The molecule has 1 amide bonds. The molecule has 156 valence electrons. The molecule has 1 heterocycles. The fourth-order valence-corrected chi connectivity index (χ4v) is 3.21. The highest BCUT2D eigenvalue weighted by Gasteiger charge is 2.08. The number of amides is 1. The van der Waals surface area contributed by atoms with Crippen molar-refractivity contribution >= 4 is 5.91 Å². The minimum Gasteiger partial charge on any atom is -0.489 e. The van der Waals surface area contributed by atoms with Gasteiger partial charge in [-0.25, -0.2) is 0 Å². The zero-order valence-electron chi connectivity index (χ0n) is 17.7. The van der Waals surface area contributed by atoms with Crippen molar-refractivity contribution < 1.29 is 9.53 Å². The average Bonchev–Trinajstić information content (AvgIpc) is 2.81. The highest BCUT2D eigenvalue weighted by atomic mass is 16.5. The number of aromatic nitrogens is 1. The van der Waals surface area contributed by atoms with Crippen LogP contribution in [0.4, 0.5) is 0 Å². The maximum Gasteiger partial charge on any atom is 0.251 e. The van der Waals surface area contributed by atoms with E-state index < -0.39 is 0 Å². The van der Waals surface area contributed by atoms with Crippen LogP contribution in [0.15, 0.2) is 73.1 Å². The lowest BCUT2D eigenvalue weighted by Gasteiger charge is -2.18. The van der Waals surface area contributed by atoms with Gasteiger partial charge in [0.05, 0.1) is 0 Å². The molecule has 0 bridgehead atoms. The molecule has 0 spiro atoms. The standard InChI is InChI=1S/C25H29N3O2/c1-3-28(4-2)18-21-9-5-8-20(14-21)17-27-25(29)23-11-6-12-24(15-23)30-19-22-10-7-13-26-16-22/h5-16H,3-4,17-19H2,1-2H3,(H,27,29). The van der Waals surface area contributed by atoms with E-state index in [-0.39, 0.29) is 5.91 Å². The summed E-state index contributed by atoms with van der Waals surface area (Å²) in [6, 6.07) is 19.5. The molecule has 0 saturated heterocycles. The second-order valence-corrected chi connectivity index (χ2v) is 7.14. The monoisotopic (exact) mass is 403 g/mol. The predicted octanol–water partition coefficient (Wildman–Crippen LogP) is 4.43. The Morgan fingerprint density at radius 1 is 0.967 bits per heavy atom. The summed E-state index contributed by atoms with van der Waals surface area (Å²) in [5.41, 5.74) is 3.92. The first-order chi connectivity index (χ1) is 14.7. The molecule has 1 N–H and O–H groups in total. The topological polar surface area (TPSA) is 54.5 Å². The summed E-state index contributed by atoms with van der Waals surface area (Å²) in [5.74, 6) is 0.545. The van der Waals surface area contributed by atoms with Crippen LogP contribution in [0.2, 0.25) is 0 Å². The smallest absolute Gasteiger partial charge is 0.251 e. The van der Waals surface area contributed by atoms with E-state index in [1.54, 1.807) is 24.5 Å². The van der Waals surface area contributed by atoms with Crippen LogP contribution in [0.1, 0.15) is 40.9 Å². The Balaban J connectivity index is 1.56. The maximum atomic E-state index is 12.6. The number of nitrogens with one attached hydrogen (secondary N) is 1. The summed E-state index contributed by atoms with van der Waals surface area (Å²) >= 11 is 0. The van der Waals surface area contributed by atoms with Gasteiger partial charge in [-0.2, -0.15) is 0 Å². The highest BCUT2D eigenvalue weighted by molar-refractivity contribution is 5.94. The van der Waals surface area contributed by atoms with Crippen LogP contribution in [0.5, 0.6) is 5.75 Å². The van der Waals surface area contributed by atoms with Crippen molar-refractivity contribution in [3.05, 3.63) is 95.3 Å². The second-order valence-electron chi connectivity index (χ2n) is 7.14. The van der Waals surface area contributed by atoms with E-state index in [9.17, 15) is 4.79 Å². The molecule has 3 rings (SSSR count). The molecule has 30 heavy (non-hydrogen) atoms. The predicted molar refractivity (Wildman–Crippen MR) is 119 cm³/mol. The number of ether oxygens (including phenoxy) is 1. The van der Waals surface area contributed by atoms with Crippen molar-refractivity contribution in [1.82, 2.24) is 15.2 Å². The summed E-state index contributed by atoms with van der Waals surface area (Å²) in [7, 11) is 0. The van der Waals surface area contributed by atoms with Crippen molar-refractivity contribution in [2.75, 3.05) is 13.1 Å². The summed E-state index contributed by atoms with van der Waals surface area (Å²) in [4.78, 5) is 19.1. The lowest BCUT2D eigenvalue weighted by Crippen LogP contribution is -2.24. The van der Waals surface area contributed by atoms with Crippen LogP contribution in [0.3, 0.4) is 0 Å². The van der Waals surface area contributed by atoms with Crippen molar-refractivity contribution in [3.63, 3.8) is 0 Å². The van der Waals surface area contributed by atoms with Gasteiger partial charge in [0.25, 0.3) is 5.91 Å². The first kappa shape index (κ1) is 21.5. The summed E-state index contributed by atoms with van der Waals surface area (Å²) < 4.78 is 5.79. The van der Waals surface area contributed by atoms with Gasteiger partial charge in [-0.15, -0.1) is 0 Å². The molecule has 5 nitrogen and oxygen atoms in total. The average molecular weight is 404 g/mol. The number of nitrogens with zero attached hydrogens (tertiary/aromatic N) is 2. The van der Waals surface area contributed by atoms with Gasteiger partial charge in [0.15, 0.2) is 0 Å². The third-order valence-corrected chi connectivity index (χ3v) is 4.97. The van der Waals surface area contributed by atoms with E-state index in [4.69, 9.17) is 4.74 Å². The lowest BCUT2D eigenvalue weighted by atomic mass is 10.1. The number of hydrogen-bond donors (Lipinski definition) is 1. The van der Waals surface area contributed by atoms with Crippen LogP contribution in [0, 0.1) is 0 Å². The molecule has 1 aromatic heterocycles. The Bertz CT molecular complexity index is 940. The van der Waals surface area contributed by atoms with E-state index in [2.05, 4.69) is 41.2 Å². The second kappa shape index (κ2) is 11.1. The van der Waals surface area contributed by atoms with Crippen LogP contribution in [-0.4, -0.2) is 28.9 Å². The molecule has 0 saturated carbocycles. The zero-order chi connectivity index (χ0) is 21.2. The maximum absolute atomic E-state index is 12.6. The first-order valence-electron chi connectivity index (χ1n) is 10.4.